The number of hydrogen-bond acceptors (Lipinski definition) is 4. The third kappa shape index (κ3) is 4.37. The van der Waals surface area contributed by atoms with E-state index < -0.39 is 15.9 Å². The largest absolute Gasteiger partial charge is 0.322 e. The fourth-order valence-electron chi connectivity index (χ4n) is 2.55. The summed E-state index contributed by atoms with van der Waals surface area (Å²) in [5, 5.41) is 11.6. The number of sulfonamides is 1. The van der Waals surface area contributed by atoms with Crippen LogP contribution in [0, 0.1) is 18.3 Å². The quantitative estimate of drug-likeness (QED) is 0.688. The van der Waals surface area contributed by atoms with Gasteiger partial charge in [-0.25, -0.2) is 8.42 Å². The molecule has 28 heavy (non-hydrogen) atoms. The summed E-state index contributed by atoms with van der Waals surface area (Å²) in [5.74, 6) is -0.397. The van der Waals surface area contributed by atoms with Crippen molar-refractivity contribution in [3.8, 4) is 6.07 Å². The standard InChI is InChI=1S/C21H17N3O3S/c1-15-5-2-3-8-20(15)24-28(26,27)19-11-9-17(10-12-19)21(25)23-18-7-4-6-16(13-18)14-22/h2-13,24H,1H3,(H,23,25). The van der Waals surface area contributed by atoms with E-state index in [2.05, 4.69) is 10.0 Å². The van der Waals surface area contributed by atoms with Gasteiger partial charge >= 0.3 is 0 Å². The number of hydrogen-bond donors (Lipinski definition) is 2. The maximum Gasteiger partial charge on any atom is 0.261 e. The molecule has 0 atom stereocenters. The number of rotatable bonds is 5. The Morgan fingerprint density at radius 3 is 2.36 bits per heavy atom. The summed E-state index contributed by atoms with van der Waals surface area (Å²) in [5.41, 5.74) is 2.53. The van der Waals surface area contributed by atoms with E-state index in [1.165, 1.54) is 24.3 Å². The number of nitriles is 1. The average Bonchev–Trinajstić information content (AvgIpc) is 2.70. The number of para-hydroxylation sites is 1. The fraction of sp³-hybridized carbons (Fsp3) is 0.0476. The zero-order chi connectivity index (χ0) is 20.1. The van der Waals surface area contributed by atoms with Crippen LogP contribution in [-0.2, 0) is 10.0 Å². The highest BCUT2D eigenvalue weighted by molar-refractivity contribution is 7.92. The zero-order valence-corrected chi connectivity index (χ0v) is 15.8. The van der Waals surface area contributed by atoms with Gasteiger partial charge in [0.25, 0.3) is 15.9 Å². The molecule has 6 nitrogen and oxygen atoms in total. The van der Waals surface area contributed by atoms with Gasteiger partial charge in [0.15, 0.2) is 0 Å². The van der Waals surface area contributed by atoms with Crippen LogP contribution in [0.3, 0.4) is 0 Å². The van der Waals surface area contributed by atoms with E-state index >= 15 is 0 Å². The van der Waals surface area contributed by atoms with Crippen molar-refractivity contribution in [3.05, 3.63) is 89.5 Å². The Balaban J connectivity index is 1.76. The molecular formula is C21H17N3O3S. The van der Waals surface area contributed by atoms with Crippen LogP contribution in [0.4, 0.5) is 11.4 Å². The Hall–Kier alpha value is -3.63. The minimum atomic E-state index is -3.76. The van der Waals surface area contributed by atoms with Crippen molar-refractivity contribution >= 4 is 27.3 Å². The molecule has 3 rings (SSSR count). The third-order valence-electron chi connectivity index (χ3n) is 4.07. The van der Waals surface area contributed by atoms with Crippen molar-refractivity contribution in [1.29, 1.82) is 5.26 Å². The molecule has 0 bridgehead atoms. The first-order chi connectivity index (χ1) is 13.4. The van der Waals surface area contributed by atoms with Crippen LogP contribution in [0.1, 0.15) is 21.5 Å². The number of carbonyl (C=O) groups is 1. The smallest absolute Gasteiger partial charge is 0.261 e. The lowest BCUT2D eigenvalue weighted by Gasteiger charge is -2.11. The Morgan fingerprint density at radius 1 is 0.964 bits per heavy atom. The second-order valence-corrected chi connectivity index (χ2v) is 7.77. The first-order valence-corrected chi connectivity index (χ1v) is 9.87. The summed E-state index contributed by atoms with van der Waals surface area (Å²) in [4.78, 5) is 12.4. The minimum Gasteiger partial charge on any atom is -0.322 e. The maximum atomic E-state index is 12.6. The maximum absolute atomic E-state index is 12.6. The summed E-state index contributed by atoms with van der Waals surface area (Å²) < 4.78 is 27.7. The van der Waals surface area contributed by atoms with Gasteiger partial charge in [-0.15, -0.1) is 0 Å². The number of amides is 1. The summed E-state index contributed by atoms with van der Waals surface area (Å²) in [6.45, 7) is 1.81. The second-order valence-electron chi connectivity index (χ2n) is 6.09. The highest BCUT2D eigenvalue weighted by Crippen LogP contribution is 2.20. The van der Waals surface area contributed by atoms with Gasteiger partial charge in [-0.2, -0.15) is 5.26 Å². The summed E-state index contributed by atoms with van der Waals surface area (Å²) >= 11 is 0. The van der Waals surface area contributed by atoms with Crippen LogP contribution in [0.15, 0.2) is 77.7 Å². The first kappa shape index (κ1) is 19.1. The molecule has 3 aromatic carbocycles. The Labute approximate surface area is 163 Å². The van der Waals surface area contributed by atoms with Crippen molar-refractivity contribution in [1.82, 2.24) is 0 Å². The minimum absolute atomic E-state index is 0.0544. The lowest BCUT2D eigenvalue weighted by Crippen LogP contribution is -2.15. The van der Waals surface area contributed by atoms with E-state index in [1.807, 2.05) is 25.1 Å². The lowest BCUT2D eigenvalue weighted by molar-refractivity contribution is 0.102. The third-order valence-corrected chi connectivity index (χ3v) is 5.45. The Bertz CT molecular complexity index is 1160. The van der Waals surface area contributed by atoms with Crippen molar-refractivity contribution in [2.45, 2.75) is 11.8 Å². The number of aryl methyl sites for hydroxylation is 1. The number of nitrogens with one attached hydrogen (secondary N) is 2. The topological polar surface area (TPSA) is 99.1 Å². The van der Waals surface area contributed by atoms with E-state index in [9.17, 15) is 13.2 Å². The fourth-order valence-corrected chi connectivity index (χ4v) is 3.68. The van der Waals surface area contributed by atoms with Crippen molar-refractivity contribution < 1.29 is 13.2 Å². The normalized spacial score (nSPS) is 10.7. The van der Waals surface area contributed by atoms with Crippen molar-refractivity contribution in [2.24, 2.45) is 0 Å². The molecule has 0 unspecified atom stereocenters. The second kappa shape index (κ2) is 7.94. The average molecular weight is 391 g/mol. The Kier molecular flexibility index (Phi) is 5.43. The highest BCUT2D eigenvalue weighted by atomic mass is 32.2. The summed E-state index contributed by atoms with van der Waals surface area (Å²) in [6.07, 6.45) is 0. The van der Waals surface area contributed by atoms with Crippen LogP contribution < -0.4 is 10.0 Å². The SMILES string of the molecule is Cc1ccccc1NS(=O)(=O)c1ccc(C(=O)Nc2cccc(C#N)c2)cc1. The number of benzene rings is 3. The molecule has 0 fully saturated rings. The van der Waals surface area contributed by atoms with Gasteiger partial charge in [0.05, 0.1) is 22.2 Å². The number of anilines is 2. The van der Waals surface area contributed by atoms with Crippen LogP contribution in [0.25, 0.3) is 0 Å². The predicted octanol–water partition coefficient (Wildman–Crippen LogP) is 3.92. The van der Waals surface area contributed by atoms with E-state index in [4.69, 9.17) is 5.26 Å². The van der Waals surface area contributed by atoms with E-state index in [0.29, 0.717) is 22.5 Å². The summed E-state index contributed by atoms with van der Waals surface area (Å²) in [6, 6.07) is 21.2. The molecule has 0 saturated carbocycles. The van der Waals surface area contributed by atoms with Crippen LogP contribution >= 0.6 is 0 Å². The molecule has 0 aromatic heterocycles. The van der Waals surface area contributed by atoms with E-state index in [0.717, 1.165) is 5.56 Å². The molecule has 0 heterocycles. The molecule has 0 radical (unpaired) electrons. The van der Waals surface area contributed by atoms with Crippen molar-refractivity contribution in [2.75, 3.05) is 10.0 Å². The van der Waals surface area contributed by atoms with Crippen molar-refractivity contribution in [3.63, 3.8) is 0 Å². The molecule has 0 aliphatic carbocycles. The molecule has 3 aromatic rings. The molecule has 1 amide bonds. The van der Waals surface area contributed by atoms with Gasteiger partial charge in [0.1, 0.15) is 0 Å². The molecule has 140 valence electrons. The number of carbonyl (C=O) groups excluding carboxylic acids is 1. The lowest BCUT2D eigenvalue weighted by atomic mass is 10.2. The van der Waals surface area contributed by atoms with Crippen LogP contribution in [0.5, 0.6) is 0 Å². The number of nitrogens with zero attached hydrogens (tertiary/aromatic N) is 1. The molecule has 0 aliphatic rings. The van der Waals surface area contributed by atoms with Gasteiger partial charge in [0.2, 0.25) is 0 Å². The molecular weight excluding hydrogens is 374 g/mol. The molecule has 0 spiro atoms. The van der Waals surface area contributed by atoms with Gasteiger partial charge < -0.3 is 5.32 Å². The molecule has 0 aliphatic heterocycles. The molecule has 0 saturated heterocycles. The zero-order valence-electron chi connectivity index (χ0n) is 15.0. The Morgan fingerprint density at radius 2 is 1.68 bits per heavy atom. The monoisotopic (exact) mass is 391 g/mol. The highest BCUT2D eigenvalue weighted by Gasteiger charge is 2.16. The molecule has 2 N–H and O–H groups in total. The van der Waals surface area contributed by atoms with E-state index in [1.54, 1.807) is 36.4 Å². The van der Waals surface area contributed by atoms with Gasteiger partial charge in [-0.3, -0.25) is 9.52 Å². The predicted molar refractivity (Wildman–Crippen MR) is 108 cm³/mol. The van der Waals surface area contributed by atoms with Gasteiger partial charge in [0, 0.05) is 11.3 Å². The van der Waals surface area contributed by atoms with Crippen LogP contribution in [0.2, 0.25) is 0 Å². The van der Waals surface area contributed by atoms with E-state index in [-0.39, 0.29) is 4.90 Å². The van der Waals surface area contributed by atoms with Crippen LogP contribution in [-0.4, -0.2) is 14.3 Å². The molecule has 7 heteroatoms. The summed E-state index contributed by atoms with van der Waals surface area (Å²) in [7, 11) is -3.76. The van der Waals surface area contributed by atoms with Gasteiger partial charge in [-0.05, 0) is 61.0 Å². The first-order valence-electron chi connectivity index (χ1n) is 8.39. The van der Waals surface area contributed by atoms with Gasteiger partial charge in [-0.1, -0.05) is 24.3 Å².